The Morgan fingerprint density at radius 2 is 2.05 bits per heavy atom. The van der Waals surface area contributed by atoms with Crippen molar-refractivity contribution in [3.8, 4) is 0 Å². The number of carbonyl (C=O) groups is 2. The Morgan fingerprint density at radius 3 is 2.48 bits per heavy atom. The summed E-state index contributed by atoms with van der Waals surface area (Å²) in [7, 11) is 6.82. The number of nitrogens with one attached hydrogen (secondary N) is 2. The summed E-state index contributed by atoms with van der Waals surface area (Å²) in [4.78, 5) is 25.5. The van der Waals surface area contributed by atoms with E-state index in [0.717, 1.165) is 5.56 Å². The second kappa shape index (κ2) is 8.63. The summed E-state index contributed by atoms with van der Waals surface area (Å²) in [5, 5.41) is 9.64. The molecule has 0 spiro atoms. The number of hydrogen-bond acceptors (Lipinski definition) is 4. The van der Waals surface area contributed by atoms with E-state index in [9.17, 15) is 9.59 Å². The van der Waals surface area contributed by atoms with Crippen LogP contribution in [-0.2, 0) is 16.6 Å². The summed E-state index contributed by atoms with van der Waals surface area (Å²) in [6.45, 7) is 2.16. The first kappa shape index (κ1) is 19.4. The van der Waals surface area contributed by atoms with E-state index in [1.165, 1.54) is 0 Å². The van der Waals surface area contributed by atoms with Crippen LogP contribution in [0.25, 0.3) is 0 Å². The van der Waals surface area contributed by atoms with Gasteiger partial charge in [-0.3, -0.25) is 14.3 Å². The number of rotatable bonds is 6. The van der Waals surface area contributed by atoms with Crippen molar-refractivity contribution in [2.75, 3.05) is 27.7 Å². The van der Waals surface area contributed by atoms with Gasteiger partial charge in [0.1, 0.15) is 6.04 Å². The molecule has 0 aliphatic rings. The molecule has 8 heteroatoms. The first-order chi connectivity index (χ1) is 9.40. The van der Waals surface area contributed by atoms with Crippen molar-refractivity contribution in [2.24, 2.45) is 13.0 Å². The Morgan fingerprint density at radius 1 is 1.43 bits per heavy atom. The molecule has 1 aromatic rings. The van der Waals surface area contributed by atoms with Crippen LogP contribution in [0.1, 0.15) is 18.5 Å². The summed E-state index contributed by atoms with van der Waals surface area (Å²) < 4.78 is 1.65. The third kappa shape index (κ3) is 5.02. The lowest BCUT2D eigenvalue weighted by Crippen LogP contribution is -2.42. The molecule has 2 N–H and O–H groups in total. The number of likely N-dealkylation sites (N-methyl/N-ethyl adjacent to an activating group) is 2. The number of aromatic nitrogens is 2. The Labute approximate surface area is 131 Å². The predicted octanol–water partition coefficient (Wildman–Crippen LogP) is -0.0571. The molecule has 21 heavy (non-hydrogen) atoms. The van der Waals surface area contributed by atoms with Gasteiger partial charge in [0.25, 0.3) is 0 Å². The zero-order valence-corrected chi connectivity index (χ0v) is 13.9. The monoisotopic (exact) mass is 317 g/mol. The molecule has 0 radical (unpaired) electrons. The minimum atomic E-state index is -0.453. The van der Waals surface area contributed by atoms with Crippen LogP contribution in [0, 0.1) is 5.92 Å². The van der Waals surface area contributed by atoms with Gasteiger partial charge < -0.3 is 15.5 Å². The van der Waals surface area contributed by atoms with Crippen LogP contribution >= 0.6 is 12.4 Å². The van der Waals surface area contributed by atoms with Gasteiger partial charge in [-0.2, -0.15) is 5.10 Å². The van der Waals surface area contributed by atoms with Crippen molar-refractivity contribution >= 4 is 24.2 Å². The second-order valence-electron chi connectivity index (χ2n) is 4.90. The largest absolute Gasteiger partial charge is 0.359 e. The molecule has 0 aromatic carbocycles. The highest BCUT2D eigenvalue weighted by Gasteiger charge is 2.25. The lowest BCUT2D eigenvalue weighted by Gasteiger charge is -2.25. The van der Waals surface area contributed by atoms with E-state index < -0.39 is 6.04 Å². The average Bonchev–Trinajstić information content (AvgIpc) is 2.84. The summed E-state index contributed by atoms with van der Waals surface area (Å²) in [6, 6.07) is -0.453. The van der Waals surface area contributed by atoms with Gasteiger partial charge in [0.2, 0.25) is 11.8 Å². The molecule has 0 saturated heterocycles. The lowest BCUT2D eigenvalue weighted by molar-refractivity contribution is -0.134. The van der Waals surface area contributed by atoms with Crippen molar-refractivity contribution in [1.29, 1.82) is 0 Å². The average molecular weight is 318 g/mol. The summed E-state index contributed by atoms with van der Waals surface area (Å²) in [6.07, 6.45) is 3.46. The van der Waals surface area contributed by atoms with Gasteiger partial charge >= 0.3 is 0 Å². The quantitative estimate of drug-likeness (QED) is 0.770. The van der Waals surface area contributed by atoms with Crippen molar-refractivity contribution in [3.63, 3.8) is 0 Å². The highest BCUT2D eigenvalue weighted by molar-refractivity contribution is 5.85. The van der Waals surface area contributed by atoms with Crippen LogP contribution in [0.5, 0.6) is 0 Å². The number of amides is 2. The van der Waals surface area contributed by atoms with E-state index in [1.807, 2.05) is 0 Å². The Hall–Kier alpha value is -1.60. The molecule has 2 unspecified atom stereocenters. The van der Waals surface area contributed by atoms with Gasteiger partial charge in [-0.1, -0.05) is 6.92 Å². The second-order valence-corrected chi connectivity index (χ2v) is 4.90. The molecule has 0 bridgehead atoms. The maximum atomic E-state index is 12.4. The van der Waals surface area contributed by atoms with Crippen LogP contribution in [-0.4, -0.2) is 54.2 Å². The molecule has 120 valence electrons. The van der Waals surface area contributed by atoms with Crippen LogP contribution < -0.4 is 10.6 Å². The number of halogens is 1. The first-order valence-corrected chi connectivity index (χ1v) is 6.53. The van der Waals surface area contributed by atoms with Gasteiger partial charge in [0, 0.05) is 39.4 Å². The highest BCUT2D eigenvalue weighted by atomic mass is 35.5. The van der Waals surface area contributed by atoms with Crippen molar-refractivity contribution in [2.45, 2.75) is 13.0 Å². The number of nitrogens with zero attached hydrogens (tertiary/aromatic N) is 3. The number of carbonyl (C=O) groups excluding carboxylic acids is 2. The number of hydrogen-bond donors (Lipinski definition) is 2. The van der Waals surface area contributed by atoms with Gasteiger partial charge in [0.15, 0.2) is 0 Å². The smallest absolute Gasteiger partial charge is 0.244 e. The van der Waals surface area contributed by atoms with Crippen molar-refractivity contribution in [3.05, 3.63) is 18.0 Å². The summed E-state index contributed by atoms with van der Waals surface area (Å²) in [5.74, 6) is -0.413. The maximum Gasteiger partial charge on any atom is 0.244 e. The van der Waals surface area contributed by atoms with E-state index in [4.69, 9.17) is 0 Å². The fourth-order valence-electron chi connectivity index (χ4n) is 2.07. The maximum absolute atomic E-state index is 12.4. The van der Waals surface area contributed by atoms with Crippen molar-refractivity contribution < 1.29 is 9.59 Å². The molecule has 0 aliphatic carbocycles. The highest BCUT2D eigenvalue weighted by Crippen LogP contribution is 2.14. The van der Waals surface area contributed by atoms with Crippen molar-refractivity contribution in [1.82, 2.24) is 25.3 Å². The minimum Gasteiger partial charge on any atom is -0.359 e. The normalized spacial score (nSPS) is 13.0. The zero-order chi connectivity index (χ0) is 15.3. The molecular weight excluding hydrogens is 294 g/mol. The minimum absolute atomic E-state index is 0. The van der Waals surface area contributed by atoms with Gasteiger partial charge in [-0.15, -0.1) is 12.4 Å². The van der Waals surface area contributed by atoms with Crippen LogP contribution in [0.2, 0.25) is 0 Å². The van der Waals surface area contributed by atoms with E-state index in [2.05, 4.69) is 15.7 Å². The molecular formula is C13H24ClN5O2. The molecule has 0 saturated carbocycles. The molecule has 2 atom stereocenters. The summed E-state index contributed by atoms with van der Waals surface area (Å²) in [5.41, 5.74) is 0.805. The molecule has 0 aliphatic heterocycles. The Bertz CT molecular complexity index is 477. The number of aryl methyl sites for hydroxylation is 1. The molecule has 0 fully saturated rings. The standard InChI is InChI=1S/C13H23N5O2.ClH/c1-9(12(19)15-3)7-17(4)13(20)11(14-2)10-6-16-18(5)8-10;/h6,8-9,11,14H,7H2,1-5H3,(H,15,19);1H. The van der Waals surface area contributed by atoms with Gasteiger partial charge in [-0.05, 0) is 7.05 Å². The van der Waals surface area contributed by atoms with Crippen LogP contribution in [0.15, 0.2) is 12.4 Å². The van der Waals surface area contributed by atoms with Crippen LogP contribution in [0.3, 0.4) is 0 Å². The fourth-order valence-corrected chi connectivity index (χ4v) is 2.07. The molecule has 1 aromatic heterocycles. The van der Waals surface area contributed by atoms with Crippen LogP contribution in [0.4, 0.5) is 0 Å². The topological polar surface area (TPSA) is 79.3 Å². The molecule has 2 amide bonds. The molecule has 7 nitrogen and oxygen atoms in total. The fraction of sp³-hybridized carbons (Fsp3) is 0.615. The van der Waals surface area contributed by atoms with Gasteiger partial charge in [0.05, 0.1) is 12.1 Å². The van der Waals surface area contributed by atoms with E-state index >= 15 is 0 Å². The van der Waals surface area contributed by atoms with Gasteiger partial charge in [-0.25, -0.2) is 0 Å². The van der Waals surface area contributed by atoms with E-state index in [-0.39, 0.29) is 30.1 Å². The Kier molecular flexibility index (Phi) is 7.98. The van der Waals surface area contributed by atoms with E-state index in [0.29, 0.717) is 6.54 Å². The third-order valence-corrected chi connectivity index (χ3v) is 3.21. The molecule has 1 rings (SSSR count). The molecule has 1 heterocycles. The zero-order valence-electron chi connectivity index (χ0n) is 13.1. The third-order valence-electron chi connectivity index (χ3n) is 3.21. The Balaban J connectivity index is 0.00000400. The predicted molar refractivity (Wildman–Crippen MR) is 83.1 cm³/mol. The van der Waals surface area contributed by atoms with E-state index in [1.54, 1.807) is 57.1 Å². The first-order valence-electron chi connectivity index (χ1n) is 6.53. The summed E-state index contributed by atoms with van der Waals surface area (Å²) >= 11 is 0. The lowest BCUT2D eigenvalue weighted by atomic mass is 10.1. The SMILES string of the molecule is CNC(=O)C(C)CN(C)C(=O)C(NC)c1cnn(C)c1.Cl.